The second-order valence-electron chi connectivity index (χ2n) is 9.96. The Kier molecular flexibility index (Phi) is 4.13. The normalized spacial score (nSPS) is 20.0. The fourth-order valence-electron chi connectivity index (χ4n) is 5.58. The molecule has 2 bridgehead atoms. The quantitative estimate of drug-likeness (QED) is 0.366. The summed E-state index contributed by atoms with van der Waals surface area (Å²) in [5.74, 6) is 0. The first-order chi connectivity index (χ1) is 15.4. The van der Waals surface area contributed by atoms with E-state index in [9.17, 15) is 4.79 Å². The molecule has 0 spiro atoms. The van der Waals surface area contributed by atoms with Crippen LogP contribution in [-0.2, 0) is 11.2 Å². The number of nitrogens with zero attached hydrogens (tertiary/aromatic N) is 3. The van der Waals surface area contributed by atoms with Gasteiger partial charge in [0.25, 0.3) is 0 Å². The molecule has 0 N–H and O–H groups in total. The molecule has 6 rings (SSSR count). The highest BCUT2D eigenvalue weighted by atomic mass is 16.6. The number of aromatic nitrogens is 2. The number of ether oxygens (including phenoxy) is 1. The predicted molar refractivity (Wildman–Crippen MR) is 126 cm³/mol. The van der Waals surface area contributed by atoms with E-state index < -0.39 is 5.60 Å². The lowest BCUT2D eigenvalue weighted by molar-refractivity contribution is 0.0124. The average molecular weight is 426 g/mol. The zero-order valence-electron chi connectivity index (χ0n) is 18.7. The van der Waals surface area contributed by atoms with Crippen molar-refractivity contribution < 1.29 is 9.53 Å². The van der Waals surface area contributed by atoms with Gasteiger partial charge < -0.3 is 9.30 Å². The van der Waals surface area contributed by atoms with Crippen LogP contribution in [0, 0.1) is 0 Å². The maximum atomic E-state index is 13.1. The van der Waals surface area contributed by atoms with E-state index in [0.717, 1.165) is 30.3 Å². The number of benzene rings is 2. The monoisotopic (exact) mass is 425 g/mol. The van der Waals surface area contributed by atoms with Crippen LogP contribution >= 0.6 is 0 Å². The standard InChI is InChI=1S/C27H27N3O2/c1-27(2,3)32-26(31)30-20-10-11-23(30)25-21-6-4-5-7-22(21)29(24(25)15-20)19-9-8-17-12-13-28-16-18(17)14-19/h4-9,12-14,16,20,23H,10-11,15H2,1-3H3. The molecule has 1 saturated heterocycles. The largest absolute Gasteiger partial charge is 0.444 e. The summed E-state index contributed by atoms with van der Waals surface area (Å²) >= 11 is 0. The van der Waals surface area contributed by atoms with Crippen molar-refractivity contribution in [3.63, 3.8) is 0 Å². The SMILES string of the molecule is CC(C)(C)OC(=O)N1C2CCC1c1c(n(-c3ccc4ccncc4c3)c3ccccc13)C2. The zero-order chi connectivity index (χ0) is 22.0. The van der Waals surface area contributed by atoms with Gasteiger partial charge in [-0.15, -0.1) is 0 Å². The third-order valence-corrected chi connectivity index (χ3v) is 6.77. The maximum absolute atomic E-state index is 13.1. The molecule has 0 saturated carbocycles. The molecule has 1 fully saturated rings. The minimum atomic E-state index is -0.496. The van der Waals surface area contributed by atoms with Gasteiger partial charge in [0, 0.05) is 52.6 Å². The second kappa shape index (κ2) is 6.83. The van der Waals surface area contributed by atoms with Gasteiger partial charge in [-0.2, -0.15) is 0 Å². The molecule has 4 heterocycles. The lowest BCUT2D eigenvalue weighted by Gasteiger charge is -2.36. The summed E-state index contributed by atoms with van der Waals surface area (Å²) in [6.07, 6.45) is 6.39. The van der Waals surface area contributed by atoms with Crippen LogP contribution in [0.2, 0.25) is 0 Å². The summed E-state index contributed by atoms with van der Waals surface area (Å²) in [4.78, 5) is 19.5. The highest BCUT2D eigenvalue weighted by Gasteiger charge is 2.46. The van der Waals surface area contributed by atoms with Gasteiger partial charge in [0.05, 0.1) is 11.6 Å². The summed E-state index contributed by atoms with van der Waals surface area (Å²) in [5.41, 5.74) is 4.45. The fourth-order valence-corrected chi connectivity index (χ4v) is 5.58. The van der Waals surface area contributed by atoms with Crippen LogP contribution in [0.15, 0.2) is 60.9 Å². The van der Waals surface area contributed by atoms with Crippen molar-refractivity contribution in [1.29, 1.82) is 0 Å². The van der Waals surface area contributed by atoms with E-state index >= 15 is 0 Å². The van der Waals surface area contributed by atoms with E-state index in [1.54, 1.807) is 0 Å². The Morgan fingerprint density at radius 2 is 1.91 bits per heavy atom. The van der Waals surface area contributed by atoms with Gasteiger partial charge in [-0.3, -0.25) is 9.88 Å². The van der Waals surface area contributed by atoms with Gasteiger partial charge in [-0.05, 0) is 63.3 Å². The summed E-state index contributed by atoms with van der Waals surface area (Å²) < 4.78 is 8.20. The number of fused-ring (bicyclic) bond motifs is 7. The van der Waals surface area contributed by atoms with E-state index in [-0.39, 0.29) is 18.2 Å². The van der Waals surface area contributed by atoms with Gasteiger partial charge in [-0.1, -0.05) is 24.3 Å². The van der Waals surface area contributed by atoms with E-state index in [2.05, 4.69) is 52.0 Å². The molecule has 2 aliphatic heterocycles. The van der Waals surface area contributed by atoms with Crippen LogP contribution in [0.25, 0.3) is 27.4 Å². The molecule has 162 valence electrons. The first-order valence-corrected chi connectivity index (χ1v) is 11.4. The van der Waals surface area contributed by atoms with Crippen LogP contribution in [0.5, 0.6) is 0 Å². The Balaban J connectivity index is 1.53. The number of hydrogen-bond acceptors (Lipinski definition) is 3. The number of carbonyl (C=O) groups is 1. The molecule has 32 heavy (non-hydrogen) atoms. The van der Waals surface area contributed by atoms with Crippen molar-refractivity contribution >= 4 is 27.8 Å². The minimum absolute atomic E-state index is 0.0619. The Morgan fingerprint density at radius 3 is 2.75 bits per heavy atom. The van der Waals surface area contributed by atoms with Crippen LogP contribution in [-0.4, -0.2) is 32.2 Å². The summed E-state index contributed by atoms with van der Waals surface area (Å²) in [5, 5.41) is 3.55. The Labute approximate surface area is 187 Å². The molecule has 5 heteroatoms. The molecule has 2 atom stereocenters. The molecule has 2 aromatic heterocycles. The molecular formula is C27H27N3O2. The molecule has 0 aliphatic carbocycles. The van der Waals surface area contributed by atoms with Crippen molar-refractivity contribution in [2.24, 2.45) is 0 Å². The Bertz CT molecular complexity index is 1360. The van der Waals surface area contributed by atoms with E-state index in [1.165, 1.54) is 27.5 Å². The molecular weight excluding hydrogens is 398 g/mol. The number of hydrogen-bond donors (Lipinski definition) is 0. The topological polar surface area (TPSA) is 47.4 Å². The van der Waals surface area contributed by atoms with E-state index in [4.69, 9.17) is 4.74 Å². The second-order valence-corrected chi connectivity index (χ2v) is 9.96. The van der Waals surface area contributed by atoms with Gasteiger partial charge in [0.15, 0.2) is 0 Å². The highest BCUT2D eigenvalue weighted by molar-refractivity contribution is 5.91. The van der Waals surface area contributed by atoms with Gasteiger partial charge >= 0.3 is 6.09 Å². The number of pyridine rings is 1. The molecule has 2 aromatic carbocycles. The molecule has 2 aliphatic rings. The van der Waals surface area contributed by atoms with Gasteiger partial charge in [0.1, 0.15) is 5.60 Å². The average Bonchev–Trinajstić information content (AvgIpc) is 3.26. The minimum Gasteiger partial charge on any atom is -0.444 e. The highest BCUT2D eigenvalue weighted by Crippen LogP contribution is 2.49. The summed E-state index contributed by atoms with van der Waals surface area (Å²) in [6.45, 7) is 5.80. The smallest absolute Gasteiger partial charge is 0.411 e. The number of amides is 1. The lowest BCUT2D eigenvalue weighted by Crippen LogP contribution is -2.44. The van der Waals surface area contributed by atoms with E-state index in [1.807, 2.05) is 44.1 Å². The van der Waals surface area contributed by atoms with Crippen molar-refractivity contribution in [2.45, 2.75) is 57.7 Å². The van der Waals surface area contributed by atoms with Gasteiger partial charge in [-0.25, -0.2) is 4.79 Å². The first kappa shape index (κ1) is 19.4. The van der Waals surface area contributed by atoms with Crippen molar-refractivity contribution in [3.8, 4) is 5.69 Å². The molecule has 4 aromatic rings. The van der Waals surface area contributed by atoms with Crippen LogP contribution < -0.4 is 0 Å². The first-order valence-electron chi connectivity index (χ1n) is 11.4. The Morgan fingerprint density at radius 1 is 1.06 bits per heavy atom. The summed E-state index contributed by atoms with van der Waals surface area (Å²) in [6, 6.07) is 17.4. The third kappa shape index (κ3) is 2.91. The number of carbonyl (C=O) groups excluding carboxylic acids is 1. The molecule has 1 amide bonds. The number of rotatable bonds is 1. The Hall–Kier alpha value is -3.34. The molecule has 2 unspecified atom stereocenters. The lowest BCUT2D eigenvalue weighted by atomic mass is 9.97. The van der Waals surface area contributed by atoms with Crippen LogP contribution in [0.3, 0.4) is 0 Å². The molecule has 5 nitrogen and oxygen atoms in total. The predicted octanol–water partition coefficient (Wildman–Crippen LogP) is 6.18. The zero-order valence-corrected chi connectivity index (χ0v) is 18.7. The third-order valence-electron chi connectivity index (χ3n) is 6.77. The van der Waals surface area contributed by atoms with Crippen molar-refractivity contribution in [2.75, 3.05) is 0 Å². The molecule has 0 radical (unpaired) electrons. The van der Waals surface area contributed by atoms with Crippen molar-refractivity contribution in [3.05, 3.63) is 72.2 Å². The van der Waals surface area contributed by atoms with Crippen LogP contribution in [0.1, 0.15) is 50.9 Å². The summed E-state index contributed by atoms with van der Waals surface area (Å²) in [7, 11) is 0. The fraction of sp³-hybridized carbons (Fsp3) is 0.333. The number of para-hydroxylation sites is 1. The van der Waals surface area contributed by atoms with Gasteiger partial charge in [0.2, 0.25) is 0 Å². The van der Waals surface area contributed by atoms with E-state index in [0.29, 0.717) is 0 Å². The maximum Gasteiger partial charge on any atom is 0.411 e. The van der Waals surface area contributed by atoms with Crippen molar-refractivity contribution in [1.82, 2.24) is 14.5 Å². The van der Waals surface area contributed by atoms with Crippen LogP contribution in [0.4, 0.5) is 4.79 Å².